The molecule has 1 unspecified atom stereocenters. The lowest BCUT2D eigenvalue weighted by atomic mass is 9.99. The zero-order valence-electron chi connectivity index (χ0n) is 12.3. The van der Waals surface area contributed by atoms with Gasteiger partial charge >= 0.3 is 0 Å². The summed E-state index contributed by atoms with van der Waals surface area (Å²) in [7, 11) is 0. The number of fused-ring (bicyclic) bond motifs is 1. The summed E-state index contributed by atoms with van der Waals surface area (Å²) < 4.78 is 5.52. The molecule has 20 heavy (non-hydrogen) atoms. The molecule has 0 amide bonds. The first-order valence-corrected chi connectivity index (χ1v) is 8.00. The van der Waals surface area contributed by atoms with Crippen molar-refractivity contribution >= 4 is 11.3 Å². The Morgan fingerprint density at radius 2 is 2.00 bits per heavy atom. The molecule has 106 valence electrons. The van der Waals surface area contributed by atoms with Gasteiger partial charge in [0.05, 0.1) is 19.3 Å². The molecule has 0 spiro atoms. The molecule has 3 rings (SSSR count). The number of ether oxygens (including phenoxy) is 1. The fourth-order valence-electron chi connectivity index (χ4n) is 2.70. The molecular formula is C17H21NOS. The highest BCUT2D eigenvalue weighted by atomic mass is 32.1. The predicted octanol–water partition coefficient (Wildman–Crippen LogP) is 4.09. The molecule has 0 saturated heterocycles. The number of hydrogen-bond donors (Lipinski definition) is 1. The van der Waals surface area contributed by atoms with E-state index >= 15 is 0 Å². The van der Waals surface area contributed by atoms with Crippen LogP contribution in [0, 0.1) is 13.8 Å². The molecule has 2 nitrogen and oxygen atoms in total. The molecule has 3 heteroatoms. The predicted molar refractivity (Wildman–Crippen MR) is 84.2 cm³/mol. The molecule has 1 aliphatic heterocycles. The molecule has 0 radical (unpaired) electrons. The van der Waals surface area contributed by atoms with Gasteiger partial charge in [0.2, 0.25) is 0 Å². The van der Waals surface area contributed by atoms with Crippen LogP contribution in [-0.2, 0) is 18.0 Å². The molecule has 1 aromatic heterocycles. The maximum Gasteiger partial charge on any atom is 0.0725 e. The number of thiophene rings is 1. The van der Waals surface area contributed by atoms with Crippen molar-refractivity contribution in [2.24, 2.45) is 0 Å². The van der Waals surface area contributed by atoms with Crippen LogP contribution in [-0.4, -0.2) is 6.54 Å². The standard InChI is InChI=1S/C17H21NOS/c1-4-18-17(16-7-11(2)12(3)20-16)13-5-6-14-9-19-10-15(14)8-13/h5-8,17-18H,4,9-10H2,1-3H3. The number of rotatable bonds is 4. The van der Waals surface area contributed by atoms with E-state index in [4.69, 9.17) is 4.74 Å². The summed E-state index contributed by atoms with van der Waals surface area (Å²) in [6.45, 7) is 9.03. The van der Waals surface area contributed by atoms with Gasteiger partial charge in [-0.2, -0.15) is 0 Å². The first-order valence-electron chi connectivity index (χ1n) is 7.18. The molecule has 0 bridgehead atoms. The summed E-state index contributed by atoms with van der Waals surface area (Å²) in [5.41, 5.74) is 5.41. The second-order valence-electron chi connectivity index (χ2n) is 5.40. The average Bonchev–Trinajstić information content (AvgIpc) is 3.02. The molecule has 1 aliphatic rings. The van der Waals surface area contributed by atoms with Crippen molar-refractivity contribution in [1.29, 1.82) is 0 Å². The summed E-state index contributed by atoms with van der Waals surface area (Å²) in [6, 6.07) is 9.38. The van der Waals surface area contributed by atoms with E-state index in [0.717, 1.165) is 19.8 Å². The molecular weight excluding hydrogens is 266 g/mol. The molecule has 1 aromatic carbocycles. The smallest absolute Gasteiger partial charge is 0.0725 e. The van der Waals surface area contributed by atoms with Gasteiger partial charge in [-0.25, -0.2) is 0 Å². The number of benzene rings is 1. The van der Waals surface area contributed by atoms with Crippen molar-refractivity contribution in [2.45, 2.75) is 40.0 Å². The topological polar surface area (TPSA) is 21.3 Å². The third-order valence-corrected chi connectivity index (χ3v) is 5.17. The highest BCUT2D eigenvalue weighted by Crippen LogP contribution is 2.32. The highest BCUT2D eigenvalue weighted by molar-refractivity contribution is 7.12. The fraction of sp³-hybridized carbons (Fsp3) is 0.412. The summed E-state index contributed by atoms with van der Waals surface area (Å²) in [5, 5.41) is 3.62. The van der Waals surface area contributed by atoms with E-state index in [1.54, 1.807) is 0 Å². The number of aryl methyl sites for hydroxylation is 2. The molecule has 1 atom stereocenters. The van der Waals surface area contributed by atoms with Crippen molar-refractivity contribution < 1.29 is 4.74 Å². The zero-order chi connectivity index (χ0) is 14.1. The van der Waals surface area contributed by atoms with Crippen molar-refractivity contribution in [2.75, 3.05) is 6.54 Å². The molecule has 2 aromatic rings. The van der Waals surface area contributed by atoms with Gasteiger partial charge in [-0.3, -0.25) is 0 Å². The Morgan fingerprint density at radius 3 is 2.70 bits per heavy atom. The minimum Gasteiger partial charge on any atom is -0.372 e. The van der Waals surface area contributed by atoms with Crippen LogP contribution < -0.4 is 5.32 Å². The van der Waals surface area contributed by atoms with Crippen molar-refractivity contribution in [3.8, 4) is 0 Å². The SMILES string of the molecule is CCNC(c1ccc2c(c1)COC2)c1cc(C)c(C)s1. The third kappa shape index (κ3) is 2.53. The quantitative estimate of drug-likeness (QED) is 0.914. The Hall–Kier alpha value is -1.16. The van der Waals surface area contributed by atoms with Gasteiger partial charge in [0.1, 0.15) is 0 Å². The first-order chi connectivity index (χ1) is 9.69. The van der Waals surface area contributed by atoms with Crippen LogP contribution in [0.1, 0.15) is 45.0 Å². The van der Waals surface area contributed by atoms with E-state index in [9.17, 15) is 0 Å². The van der Waals surface area contributed by atoms with Gasteiger partial charge in [-0.05, 0) is 48.7 Å². The van der Waals surface area contributed by atoms with Gasteiger partial charge in [-0.1, -0.05) is 25.1 Å². The van der Waals surface area contributed by atoms with Crippen LogP contribution in [0.4, 0.5) is 0 Å². The lowest BCUT2D eigenvalue weighted by Gasteiger charge is -2.18. The fourth-order valence-corrected chi connectivity index (χ4v) is 3.85. The highest BCUT2D eigenvalue weighted by Gasteiger charge is 2.19. The summed E-state index contributed by atoms with van der Waals surface area (Å²) in [4.78, 5) is 2.81. The Balaban J connectivity index is 1.98. The second-order valence-corrected chi connectivity index (χ2v) is 6.69. The molecule has 0 saturated carbocycles. The average molecular weight is 287 g/mol. The van der Waals surface area contributed by atoms with E-state index in [1.165, 1.54) is 32.0 Å². The van der Waals surface area contributed by atoms with Crippen LogP contribution in [0.25, 0.3) is 0 Å². The largest absolute Gasteiger partial charge is 0.372 e. The van der Waals surface area contributed by atoms with Crippen LogP contribution in [0.3, 0.4) is 0 Å². The second kappa shape index (κ2) is 5.68. The number of nitrogens with one attached hydrogen (secondary N) is 1. The lowest BCUT2D eigenvalue weighted by Crippen LogP contribution is -2.21. The van der Waals surface area contributed by atoms with E-state index in [1.807, 2.05) is 11.3 Å². The van der Waals surface area contributed by atoms with E-state index in [0.29, 0.717) is 6.04 Å². The van der Waals surface area contributed by atoms with Crippen LogP contribution in [0.15, 0.2) is 24.3 Å². The summed E-state index contributed by atoms with van der Waals surface area (Å²) in [6.07, 6.45) is 0. The van der Waals surface area contributed by atoms with Crippen molar-refractivity contribution in [3.63, 3.8) is 0 Å². The van der Waals surface area contributed by atoms with Crippen molar-refractivity contribution in [1.82, 2.24) is 5.32 Å². The Morgan fingerprint density at radius 1 is 1.20 bits per heavy atom. The van der Waals surface area contributed by atoms with Gasteiger partial charge in [-0.15, -0.1) is 11.3 Å². The molecule has 1 N–H and O–H groups in total. The van der Waals surface area contributed by atoms with E-state index in [-0.39, 0.29) is 0 Å². The Labute approximate surface area is 124 Å². The van der Waals surface area contributed by atoms with E-state index in [2.05, 4.69) is 50.4 Å². The Bertz CT molecular complexity index is 598. The van der Waals surface area contributed by atoms with E-state index < -0.39 is 0 Å². The van der Waals surface area contributed by atoms with Gasteiger partial charge in [0.15, 0.2) is 0 Å². The maximum absolute atomic E-state index is 5.52. The van der Waals surface area contributed by atoms with Crippen LogP contribution in [0.5, 0.6) is 0 Å². The minimum absolute atomic E-state index is 0.295. The van der Waals surface area contributed by atoms with Gasteiger partial charge in [0.25, 0.3) is 0 Å². The molecule has 2 heterocycles. The lowest BCUT2D eigenvalue weighted by molar-refractivity contribution is 0.134. The first kappa shape index (κ1) is 13.8. The molecule has 0 aliphatic carbocycles. The molecule has 0 fully saturated rings. The maximum atomic E-state index is 5.52. The monoisotopic (exact) mass is 287 g/mol. The van der Waals surface area contributed by atoms with Crippen LogP contribution >= 0.6 is 11.3 Å². The third-order valence-electron chi connectivity index (χ3n) is 3.96. The normalized spacial score (nSPS) is 15.3. The zero-order valence-corrected chi connectivity index (χ0v) is 13.1. The minimum atomic E-state index is 0.295. The van der Waals surface area contributed by atoms with Gasteiger partial charge in [0, 0.05) is 9.75 Å². The van der Waals surface area contributed by atoms with Crippen molar-refractivity contribution in [3.05, 3.63) is 56.3 Å². The summed E-state index contributed by atoms with van der Waals surface area (Å²) in [5.74, 6) is 0. The van der Waals surface area contributed by atoms with Gasteiger partial charge < -0.3 is 10.1 Å². The summed E-state index contributed by atoms with van der Waals surface area (Å²) >= 11 is 1.90. The van der Waals surface area contributed by atoms with Crippen LogP contribution in [0.2, 0.25) is 0 Å². The Kier molecular flexibility index (Phi) is 3.92. The number of hydrogen-bond acceptors (Lipinski definition) is 3.